The molecule has 0 unspecified atom stereocenters. The summed E-state index contributed by atoms with van der Waals surface area (Å²) in [5.74, 6) is -1.43. The van der Waals surface area contributed by atoms with Crippen molar-refractivity contribution in [3.05, 3.63) is 67.9 Å². The third-order valence-electron chi connectivity index (χ3n) is 4.54. The van der Waals surface area contributed by atoms with Gasteiger partial charge in [-0.2, -0.15) is 13.2 Å². The van der Waals surface area contributed by atoms with Gasteiger partial charge < -0.3 is 4.84 Å². The van der Waals surface area contributed by atoms with Crippen LogP contribution in [0.3, 0.4) is 0 Å². The lowest BCUT2D eigenvalue weighted by atomic mass is 9.86. The van der Waals surface area contributed by atoms with Crippen molar-refractivity contribution in [3.63, 3.8) is 0 Å². The van der Waals surface area contributed by atoms with Crippen LogP contribution in [-0.4, -0.2) is 17.8 Å². The molecule has 3 rings (SSSR count). The van der Waals surface area contributed by atoms with Crippen LogP contribution < -0.4 is 11.0 Å². The van der Waals surface area contributed by atoms with Crippen molar-refractivity contribution >= 4 is 46.4 Å². The molecule has 13 heteroatoms. The van der Waals surface area contributed by atoms with Crippen molar-refractivity contribution in [1.29, 1.82) is 0 Å². The molecule has 0 bridgehead atoms. The lowest BCUT2D eigenvalue weighted by Gasteiger charge is -2.29. The number of alkyl halides is 3. The maximum absolute atomic E-state index is 14.1. The Morgan fingerprint density at radius 1 is 1.19 bits per heavy atom. The van der Waals surface area contributed by atoms with Crippen LogP contribution in [0.25, 0.3) is 0 Å². The number of nitrogens with one attached hydrogen (secondary N) is 2. The fourth-order valence-corrected chi connectivity index (χ4v) is 3.59. The van der Waals surface area contributed by atoms with Crippen LogP contribution in [0.5, 0.6) is 0 Å². The van der Waals surface area contributed by atoms with E-state index in [0.717, 1.165) is 12.1 Å². The van der Waals surface area contributed by atoms with Gasteiger partial charge in [0.2, 0.25) is 5.91 Å². The van der Waals surface area contributed by atoms with E-state index in [4.69, 9.17) is 44.5 Å². The first kappa shape index (κ1) is 24.5. The summed E-state index contributed by atoms with van der Waals surface area (Å²) >= 11 is 17.5. The summed E-state index contributed by atoms with van der Waals surface area (Å²) < 4.78 is 56.1. The second kappa shape index (κ2) is 9.40. The van der Waals surface area contributed by atoms with Crippen molar-refractivity contribution in [2.45, 2.75) is 31.7 Å². The molecule has 2 aromatic carbocycles. The molecule has 1 amide bonds. The lowest BCUT2D eigenvalue weighted by Crippen LogP contribution is -2.42. The van der Waals surface area contributed by atoms with Gasteiger partial charge in [-0.1, -0.05) is 46.0 Å². The normalized spacial score (nSPS) is 18.3. The summed E-state index contributed by atoms with van der Waals surface area (Å²) in [6, 6.07) is 6.01. The van der Waals surface area contributed by atoms with Crippen molar-refractivity contribution in [1.82, 2.24) is 11.0 Å². The molecule has 0 saturated carbocycles. The van der Waals surface area contributed by atoms with E-state index in [1.54, 1.807) is 0 Å². The number of hydrazine groups is 1. The van der Waals surface area contributed by atoms with Crippen LogP contribution >= 0.6 is 34.8 Å². The minimum atomic E-state index is -4.93. The Labute approximate surface area is 194 Å². The van der Waals surface area contributed by atoms with Crippen molar-refractivity contribution in [2.75, 3.05) is 0 Å². The fraction of sp³-hybridized carbons (Fsp3) is 0.263. The van der Waals surface area contributed by atoms with E-state index in [0.29, 0.717) is 5.56 Å². The van der Waals surface area contributed by atoms with Crippen molar-refractivity contribution in [3.8, 4) is 0 Å². The van der Waals surface area contributed by atoms with E-state index in [-0.39, 0.29) is 22.9 Å². The predicted molar refractivity (Wildman–Crippen MR) is 110 cm³/mol. The first-order valence-electron chi connectivity index (χ1n) is 8.83. The van der Waals surface area contributed by atoms with Crippen LogP contribution in [0.2, 0.25) is 15.1 Å². The lowest BCUT2D eigenvalue weighted by molar-refractivity contribution is -0.275. The van der Waals surface area contributed by atoms with Crippen LogP contribution in [0.4, 0.5) is 17.6 Å². The van der Waals surface area contributed by atoms with E-state index in [1.165, 1.54) is 25.1 Å². The molecule has 1 atom stereocenters. The van der Waals surface area contributed by atoms with Crippen LogP contribution in [-0.2, 0) is 26.7 Å². The topological polar surface area (TPSA) is 72.0 Å². The van der Waals surface area contributed by atoms with Gasteiger partial charge in [0.15, 0.2) is 5.82 Å². The number of rotatable bonds is 6. The quantitative estimate of drug-likeness (QED) is 0.233. The molecule has 0 saturated heterocycles. The molecule has 1 heterocycles. The molecule has 1 aliphatic heterocycles. The molecule has 0 radical (unpaired) electrons. The smallest absolute Gasteiger partial charge is 0.374 e. The molecule has 0 fully saturated rings. The number of hydrogen-bond donors (Lipinski definition) is 2. The molecule has 2 aromatic rings. The maximum Gasteiger partial charge on any atom is 0.435 e. The number of carbonyl (C=O) groups excluding carboxylic acids is 1. The van der Waals surface area contributed by atoms with Crippen LogP contribution in [0.1, 0.15) is 30.0 Å². The number of halogens is 7. The summed E-state index contributed by atoms with van der Waals surface area (Å²) in [6.07, 6.45) is -5.65. The molecule has 1 aliphatic rings. The molecule has 0 spiro atoms. The summed E-state index contributed by atoms with van der Waals surface area (Å²) in [4.78, 5) is 20.8. The van der Waals surface area contributed by atoms with Gasteiger partial charge in [-0.15, -0.1) is 5.59 Å². The predicted octanol–water partition coefficient (Wildman–Crippen LogP) is 5.44. The minimum absolute atomic E-state index is 0.0355. The minimum Gasteiger partial charge on any atom is -0.374 e. The molecular weight excluding hydrogens is 501 g/mol. The van der Waals surface area contributed by atoms with Gasteiger partial charge in [0.05, 0.1) is 22.4 Å². The number of amides is 1. The Bertz CT molecular complexity index is 1060. The highest BCUT2D eigenvalue weighted by molar-refractivity contribution is 6.35. The Morgan fingerprint density at radius 2 is 1.84 bits per heavy atom. The van der Waals surface area contributed by atoms with E-state index in [9.17, 15) is 22.4 Å². The first-order chi connectivity index (χ1) is 14.9. The highest BCUT2D eigenvalue weighted by Gasteiger charge is 2.62. The van der Waals surface area contributed by atoms with Gasteiger partial charge in [-0.25, -0.2) is 4.39 Å². The summed E-state index contributed by atoms with van der Waals surface area (Å²) in [7, 11) is 0. The van der Waals surface area contributed by atoms with Gasteiger partial charge in [-0.3, -0.25) is 15.1 Å². The zero-order valence-corrected chi connectivity index (χ0v) is 18.4. The van der Waals surface area contributed by atoms with E-state index in [2.05, 4.69) is 16.2 Å². The second-order valence-corrected chi connectivity index (χ2v) is 7.98. The average molecular weight is 515 g/mol. The van der Waals surface area contributed by atoms with Crippen LogP contribution in [0, 0.1) is 5.82 Å². The molecule has 2 N–H and O–H groups in total. The third kappa shape index (κ3) is 4.94. The molecule has 6 nitrogen and oxygen atoms in total. The first-order valence-corrected chi connectivity index (χ1v) is 9.97. The average Bonchev–Trinajstić information content (AvgIpc) is 3.17. The maximum atomic E-state index is 14.1. The second-order valence-electron chi connectivity index (χ2n) is 6.76. The Balaban J connectivity index is 1.89. The highest BCUT2D eigenvalue weighted by Crippen LogP contribution is 2.50. The highest BCUT2D eigenvalue weighted by atomic mass is 35.5. The number of oxime groups is 1. The van der Waals surface area contributed by atoms with Crippen LogP contribution in [0.15, 0.2) is 35.5 Å². The van der Waals surface area contributed by atoms with Gasteiger partial charge in [0.1, 0.15) is 0 Å². The van der Waals surface area contributed by atoms with Gasteiger partial charge in [0.25, 0.3) is 5.60 Å². The third-order valence-corrected chi connectivity index (χ3v) is 5.46. The summed E-state index contributed by atoms with van der Waals surface area (Å²) in [6.45, 7) is 1.14. The van der Waals surface area contributed by atoms with Gasteiger partial charge in [-0.05, 0) is 35.4 Å². The Morgan fingerprint density at radius 3 is 2.44 bits per heavy atom. The Kier molecular flexibility index (Phi) is 7.21. The molecule has 0 aliphatic carbocycles. The monoisotopic (exact) mass is 513 g/mol. The number of hydrogen-bond acceptors (Lipinski definition) is 5. The zero-order chi connectivity index (χ0) is 23.7. The van der Waals surface area contributed by atoms with E-state index < -0.39 is 45.5 Å². The van der Waals surface area contributed by atoms with Gasteiger partial charge in [0, 0.05) is 23.9 Å². The molecule has 0 aromatic heterocycles. The van der Waals surface area contributed by atoms with Gasteiger partial charge >= 0.3 is 6.18 Å². The SMILES string of the molecule is CC(=O)NNOCc1cc(C2=NO[C@@](c3cc(Cl)c(F)c(Cl)c3)(C(F)(F)F)C2)ccc1Cl. The summed E-state index contributed by atoms with van der Waals surface area (Å²) in [5.41, 5.74) is 1.65. The Hall–Kier alpha value is -2.11. The van der Waals surface area contributed by atoms with E-state index in [1.807, 2.05) is 0 Å². The zero-order valence-electron chi connectivity index (χ0n) is 16.1. The molecule has 172 valence electrons. The number of nitrogens with zero attached hydrogens (tertiary/aromatic N) is 1. The number of benzene rings is 2. The number of carbonyl (C=O) groups is 1. The molecule has 32 heavy (non-hydrogen) atoms. The standard InChI is InChI=1S/C19H14Cl3F4N3O3/c1-9(30)27-29-31-8-11-4-10(2-3-13(11)20)16-7-18(32-28-16,19(24,25)26)12-5-14(21)17(23)15(22)6-12/h2-6,29H,7-8H2,1H3,(H,27,30)/t18-/m0/s1. The van der Waals surface area contributed by atoms with E-state index >= 15 is 0 Å². The van der Waals surface area contributed by atoms with Crippen molar-refractivity contribution in [2.24, 2.45) is 5.16 Å². The fourth-order valence-electron chi connectivity index (χ4n) is 2.93. The largest absolute Gasteiger partial charge is 0.435 e. The molecular formula is C19H14Cl3F4N3O3. The summed E-state index contributed by atoms with van der Waals surface area (Å²) in [5, 5.41) is 2.75. The van der Waals surface area contributed by atoms with Crippen molar-refractivity contribution < 1.29 is 32.0 Å².